The minimum atomic E-state index is -1.35. The first kappa shape index (κ1) is 43.0. The van der Waals surface area contributed by atoms with Crippen LogP contribution in [0.1, 0.15) is 133 Å². The first-order valence-electron chi connectivity index (χ1n) is 20.9. The van der Waals surface area contributed by atoms with E-state index in [1.165, 1.54) is 0 Å². The lowest BCUT2D eigenvalue weighted by Gasteiger charge is -2.55. The van der Waals surface area contributed by atoms with Crippen LogP contribution in [0.15, 0.2) is 12.2 Å². The molecular formula is C42H72O11. The van der Waals surface area contributed by atoms with Crippen molar-refractivity contribution in [2.45, 2.75) is 205 Å². The molecule has 5 rings (SSSR count). The van der Waals surface area contributed by atoms with Crippen LogP contribution in [0, 0.1) is 41.4 Å². The van der Waals surface area contributed by atoms with Gasteiger partial charge in [-0.05, 0) is 95.6 Å². The molecule has 0 saturated carbocycles. The minimum absolute atomic E-state index is 0.0745. The summed E-state index contributed by atoms with van der Waals surface area (Å²) in [5, 5.41) is 56.1. The van der Waals surface area contributed by atoms with E-state index >= 15 is 0 Å². The molecule has 5 N–H and O–H groups in total. The molecule has 0 aromatic rings. The average molecular weight is 753 g/mol. The Hall–Kier alpha value is -1.15. The summed E-state index contributed by atoms with van der Waals surface area (Å²) in [7, 11) is 0. The molecule has 5 aliphatic rings. The van der Waals surface area contributed by atoms with E-state index < -0.39 is 71.1 Å². The second-order valence-electron chi connectivity index (χ2n) is 18.1. The maximum Gasteiger partial charge on any atom is 0.309 e. The molecule has 0 radical (unpaired) electrons. The highest BCUT2D eigenvalue weighted by Gasteiger charge is 2.63. The molecule has 4 saturated heterocycles. The number of carboxylic acid groups (broad SMARTS) is 1. The Morgan fingerprint density at radius 3 is 2.19 bits per heavy atom. The van der Waals surface area contributed by atoms with Crippen molar-refractivity contribution < 1.29 is 54.0 Å². The van der Waals surface area contributed by atoms with Gasteiger partial charge < -0.3 is 49.2 Å². The van der Waals surface area contributed by atoms with Gasteiger partial charge >= 0.3 is 5.97 Å². The van der Waals surface area contributed by atoms with E-state index in [0.29, 0.717) is 51.4 Å². The summed E-state index contributed by atoms with van der Waals surface area (Å²) in [4.78, 5) is 11.9. The zero-order valence-electron chi connectivity index (χ0n) is 34.1. The Labute approximate surface area is 318 Å². The molecule has 5 aliphatic heterocycles. The maximum absolute atomic E-state index is 12.1. The third-order valence-corrected chi connectivity index (χ3v) is 14.7. The minimum Gasteiger partial charge on any atom is -0.481 e. The van der Waals surface area contributed by atoms with Gasteiger partial charge in [-0.15, -0.1) is 0 Å². The van der Waals surface area contributed by atoms with Crippen molar-refractivity contribution in [3.63, 3.8) is 0 Å². The maximum atomic E-state index is 12.1. The monoisotopic (exact) mass is 753 g/mol. The highest BCUT2D eigenvalue weighted by atomic mass is 16.8. The fourth-order valence-corrected chi connectivity index (χ4v) is 10.7. The lowest BCUT2D eigenvalue weighted by molar-refractivity contribution is -0.411. The third kappa shape index (κ3) is 8.04. The summed E-state index contributed by atoms with van der Waals surface area (Å²) in [5.74, 6) is -5.03. The lowest BCUT2D eigenvalue weighted by atomic mass is 9.72. The SMILES string of the molecule is CC[C@@H]([C@H](O)[C@@H](C)[C@@H](O)[C@H](C)[C@@H]1O[C@@H]([C@@H](CC)C(=O)O)CC[C@@H]1C)[C@H]1O[C@]2(C=C[C@@H](O)[C@]3(CC[C@@](C)([C@H]4CC[C@](O)(CC)[C@H](C)O4)O3)O2)[C@H](C)C[C@@H]1C. The van der Waals surface area contributed by atoms with Gasteiger partial charge in [-0.3, -0.25) is 4.79 Å². The van der Waals surface area contributed by atoms with Crippen molar-refractivity contribution in [3.05, 3.63) is 12.2 Å². The Balaban J connectivity index is 1.31. The van der Waals surface area contributed by atoms with Crippen molar-refractivity contribution in [2.75, 3.05) is 0 Å². The summed E-state index contributed by atoms with van der Waals surface area (Å²) >= 11 is 0. The molecule has 5 heterocycles. The van der Waals surface area contributed by atoms with Crippen molar-refractivity contribution in [1.29, 1.82) is 0 Å². The van der Waals surface area contributed by atoms with Crippen LogP contribution >= 0.6 is 0 Å². The Kier molecular flexibility index (Phi) is 13.3. The molecule has 2 spiro atoms. The van der Waals surface area contributed by atoms with Gasteiger partial charge in [-0.1, -0.05) is 55.4 Å². The van der Waals surface area contributed by atoms with Crippen molar-refractivity contribution in [2.24, 2.45) is 41.4 Å². The summed E-state index contributed by atoms with van der Waals surface area (Å²) < 4.78 is 33.6. The van der Waals surface area contributed by atoms with Crippen LogP contribution in [0.4, 0.5) is 0 Å². The summed E-state index contributed by atoms with van der Waals surface area (Å²) in [6, 6.07) is 0. The van der Waals surface area contributed by atoms with Gasteiger partial charge in [0.15, 0.2) is 5.79 Å². The molecule has 0 aliphatic carbocycles. The Bertz CT molecular complexity index is 1280. The molecular weight excluding hydrogens is 680 g/mol. The quantitative estimate of drug-likeness (QED) is 0.149. The van der Waals surface area contributed by atoms with E-state index in [0.717, 1.165) is 12.8 Å². The molecule has 0 aromatic carbocycles. The first-order valence-corrected chi connectivity index (χ1v) is 20.9. The second-order valence-corrected chi connectivity index (χ2v) is 18.1. The topological polar surface area (TPSA) is 164 Å². The van der Waals surface area contributed by atoms with Crippen LogP contribution in [-0.4, -0.2) is 103 Å². The first-order chi connectivity index (χ1) is 24.8. The molecule has 306 valence electrons. The van der Waals surface area contributed by atoms with E-state index in [2.05, 4.69) is 20.8 Å². The number of carbonyl (C=O) groups is 1. The van der Waals surface area contributed by atoms with Crippen molar-refractivity contribution in [3.8, 4) is 0 Å². The molecule has 0 amide bonds. The fourth-order valence-electron chi connectivity index (χ4n) is 10.7. The van der Waals surface area contributed by atoms with E-state index in [4.69, 9.17) is 23.7 Å². The van der Waals surface area contributed by atoms with Crippen LogP contribution in [0.5, 0.6) is 0 Å². The molecule has 0 bridgehead atoms. The molecule has 53 heavy (non-hydrogen) atoms. The van der Waals surface area contributed by atoms with Crippen LogP contribution in [-0.2, 0) is 28.5 Å². The van der Waals surface area contributed by atoms with Crippen LogP contribution < -0.4 is 0 Å². The van der Waals surface area contributed by atoms with E-state index in [-0.39, 0.29) is 47.9 Å². The number of aliphatic hydroxyl groups is 4. The largest absolute Gasteiger partial charge is 0.481 e. The predicted octanol–water partition coefficient (Wildman–Crippen LogP) is 5.98. The predicted molar refractivity (Wildman–Crippen MR) is 200 cm³/mol. The summed E-state index contributed by atoms with van der Waals surface area (Å²) in [6.07, 6.45) is 5.20. The fraction of sp³-hybridized carbons (Fsp3) is 0.929. The smallest absolute Gasteiger partial charge is 0.309 e. The summed E-state index contributed by atoms with van der Waals surface area (Å²) in [5.41, 5.74) is -1.61. The number of rotatable bonds is 12. The molecule has 4 fully saturated rings. The molecule has 11 heteroatoms. The Morgan fingerprint density at radius 2 is 1.58 bits per heavy atom. The zero-order chi connectivity index (χ0) is 39.3. The van der Waals surface area contributed by atoms with E-state index in [1.807, 2.05) is 54.5 Å². The molecule has 11 nitrogen and oxygen atoms in total. The number of hydrogen-bond donors (Lipinski definition) is 5. The van der Waals surface area contributed by atoms with Gasteiger partial charge in [-0.2, -0.15) is 0 Å². The van der Waals surface area contributed by atoms with Gasteiger partial charge in [0.25, 0.3) is 0 Å². The van der Waals surface area contributed by atoms with Gasteiger partial charge in [0.2, 0.25) is 5.79 Å². The van der Waals surface area contributed by atoms with Crippen LogP contribution in [0.3, 0.4) is 0 Å². The van der Waals surface area contributed by atoms with Crippen LogP contribution in [0.25, 0.3) is 0 Å². The third-order valence-electron chi connectivity index (χ3n) is 14.7. The number of aliphatic hydroxyl groups excluding tert-OH is 3. The summed E-state index contributed by atoms with van der Waals surface area (Å²) in [6.45, 7) is 19.9. The van der Waals surface area contributed by atoms with Crippen LogP contribution in [0.2, 0.25) is 0 Å². The zero-order valence-corrected chi connectivity index (χ0v) is 34.1. The average Bonchev–Trinajstić information content (AvgIpc) is 3.47. The van der Waals surface area contributed by atoms with Crippen molar-refractivity contribution in [1.82, 2.24) is 0 Å². The van der Waals surface area contributed by atoms with Gasteiger partial charge in [0.1, 0.15) is 6.10 Å². The number of ether oxygens (including phenoxy) is 5. The van der Waals surface area contributed by atoms with Gasteiger partial charge in [-0.25, -0.2) is 0 Å². The highest BCUT2D eigenvalue weighted by Crippen LogP contribution is 2.54. The van der Waals surface area contributed by atoms with E-state index in [1.54, 1.807) is 6.08 Å². The van der Waals surface area contributed by atoms with Crippen molar-refractivity contribution >= 4 is 5.97 Å². The van der Waals surface area contributed by atoms with Gasteiger partial charge in [0.05, 0.1) is 59.8 Å². The second kappa shape index (κ2) is 16.4. The molecule has 0 aromatic heterocycles. The Morgan fingerprint density at radius 1 is 0.887 bits per heavy atom. The van der Waals surface area contributed by atoms with E-state index in [9.17, 15) is 30.3 Å². The lowest BCUT2D eigenvalue weighted by Crippen LogP contribution is -2.63. The standard InChI is InChI=1S/C42H72O11/c1-11-29(38(46)47)31-15-14-23(4)36(50-31)27(8)34(44)26(7)35(45)30(12-2)37-24(5)22-25(6)41(51-37)19-16-32(43)42(53-41)21-20-39(10,52-42)33-17-18-40(48,13-3)28(9)49-33/h16,19,23-37,43-45,48H,11-15,17-18,20-22H2,1-10H3,(H,46,47)/t23-,24-,25+,26-,27-,28-,29+,30-,31+,32+,33+,34+,35+,36+,37-,39-,40+,41-,42-/m0/s1. The highest BCUT2D eigenvalue weighted by molar-refractivity contribution is 5.70. The number of aliphatic carboxylic acids is 1. The number of carboxylic acids is 1. The number of hydrogen-bond acceptors (Lipinski definition) is 10. The normalized spacial score (nSPS) is 46.9. The molecule has 0 unspecified atom stereocenters. The molecule has 19 atom stereocenters. The van der Waals surface area contributed by atoms with Gasteiger partial charge in [0, 0.05) is 30.1 Å².